The molecule has 3 rings (SSSR count). The van der Waals surface area contributed by atoms with Crippen LogP contribution in [0, 0.1) is 5.92 Å². The highest BCUT2D eigenvalue weighted by Gasteiger charge is 2.29. The molecule has 0 saturated carbocycles. The second-order valence-electron chi connectivity index (χ2n) is 5.29. The third-order valence-electron chi connectivity index (χ3n) is 4.04. The zero-order valence-electron chi connectivity index (χ0n) is 11.7. The van der Waals surface area contributed by atoms with E-state index >= 15 is 0 Å². The molecule has 2 N–H and O–H groups in total. The minimum atomic E-state index is -0.428. The summed E-state index contributed by atoms with van der Waals surface area (Å²) in [6, 6.07) is 7.94. The number of fused-ring (bicyclic) bond motifs is 1. The van der Waals surface area contributed by atoms with Crippen molar-refractivity contribution in [2.75, 3.05) is 6.61 Å². The number of H-pyrrole nitrogens is 1. The summed E-state index contributed by atoms with van der Waals surface area (Å²) >= 11 is 0. The van der Waals surface area contributed by atoms with Gasteiger partial charge in [0.25, 0.3) is 0 Å². The van der Waals surface area contributed by atoms with Crippen LogP contribution in [0.3, 0.4) is 0 Å². The number of nitrogens with one attached hydrogen (secondary N) is 1. The highest BCUT2D eigenvalue weighted by atomic mass is 16.5. The van der Waals surface area contributed by atoms with Gasteiger partial charge in [-0.1, -0.05) is 12.1 Å². The van der Waals surface area contributed by atoms with Crippen LogP contribution in [0.15, 0.2) is 30.5 Å². The predicted molar refractivity (Wildman–Crippen MR) is 76.7 cm³/mol. The fourth-order valence-corrected chi connectivity index (χ4v) is 3.05. The van der Waals surface area contributed by atoms with E-state index in [1.807, 2.05) is 31.2 Å². The van der Waals surface area contributed by atoms with Gasteiger partial charge >= 0.3 is 0 Å². The number of aliphatic hydroxyl groups is 1. The summed E-state index contributed by atoms with van der Waals surface area (Å²) < 4.78 is 5.67. The van der Waals surface area contributed by atoms with E-state index < -0.39 is 6.10 Å². The van der Waals surface area contributed by atoms with Crippen molar-refractivity contribution < 1.29 is 9.84 Å². The SMILES string of the molecule is CCOc1cccc2c1CCC(Cc1ccn[nH]1)C2O. The lowest BCUT2D eigenvalue weighted by molar-refractivity contribution is 0.0922. The summed E-state index contributed by atoms with van der Waals surface area (Å²) in [5.74, 6) is 1.16. The van der Waals surface area contributed by atoms with Crippen LogP contribution in [-0.2, 0) is 12.8 Å². The van der Waals surface area contributed by atoms with Crippen LogP contribution in [0.1, 0.15) is 36.3 Å². The average molecular weight is 272 g/mol. The first-order valence-electron chi connectivity index (χ1n) is 7.20. The number of rotatable bonds is 4. The van der Waals surface area contributed by atoms with Gasteiger partial charge in [-0.3, -0.25) is 5.10 Å². The average Bonchev–Trinajstić information content (AvgIpc) is 2.96. The van der Waals surface area contributed by atoms with Crippen molar-refractivity contribution in [2.45, 2.75) is 32.3 Å². The summed E-state index contributed by atoms with van der Waals surface area (Å²) in [7, 11) is 0. The van der Waals surface area contributed by atoms with E-state index in [0.29, 0.717) is 6.61 Å². The number of ether oxygens (including phenoxy) is 1. The van der Waals surface area contributed by atoms with Gasteiger partial charge in [0, 0.05) is 11.9 Å². The number of aromatic nitrogens is 2. The molecular formula is C16H20N2O2. The Balaban J connectivity index is 1.83. The molecule has 0 bridgehead atoms. The third-order valence-corrected chi connectivity index (χ3v) is 4.04. The van der Waals surface area contributed by atoms with Crippen molar-refractivity contribution in [3.63, 3.8) is 0 Å². The Morgan fingerprint density at radius 2 is 2.30 bits per heavy atom. The van der Waals surface area contributed by atoms with Crippen LogP contribution in [0.2, 0.25) is 0 Å². The summed E-state index contributed by atoms with van der Waals surface area (Å²) in [5, 5.41) is 17.6. The number of aliphatic hydroxyl groups excluding tert-OH is 1. The first-order valence-corrected chi connectivity index (χ1v) is 7.20. The molecule has 20 heavy (non-hydrogen) atoms. The van der Waals surface area contributed by atoms with Crippen molar-refractivity contribution in [3.8, 4) is 5.75 Å². The van der Waals surface area contributed by atoms with Crippen molar-refractivity contribution in [2.24, 2.45) is 5.92 Å². The molecule has 1 aromatic heterocycles. The highest BCUT2D eigenvalue weighted by Crippen LogP contribution is 2.39. The smallest absolute Gasteiger partial charge is 0.122 e. The molecule has 0 radical (unpaired) electrons. The number of hydrogen-bond acceptors (Lipinski definition) is 3. The molecule has 2 aromatic rings. The summed E-state index contributed by atoms with van der Waals surface area (Å²) in [4.78, 5) is 0. The molecule has 1 aliphatic rings. The molecule has 0 saturated heterocycles. The van der Waals surface area contributed by atoms with Gasteiger partial charge in [-0.25, -0.2) is 0 Å². The van der Waals surface area contributed by atoms with E-state index in [-0.39, 0.29) is 5.92 Å². The molecule has 2 atom stereocenters. The zero-order chi connectivity index (χ0) is 13.9. The van der Waals surface area contributed by atoms with E-state index in [0.717, 1.165) is 36.3 Å². The first kappa shape index (κ1) is 13.2. The number of benzene rings is 1. The standard InChI is InChI=1S/C16H20N2O2/c1-2-20-15-5-3-4-14-13(15)7-6-11(16(14)19)10-12-8-9-17-18-12/h3-5,8-9,11,16,19H,2,6-7,10H2,1H3,(H,17,18). The molecule has 1 aromatic carbocycles. The lowest BCUT2D eigenvalue weighted by atomic mass is 9.79. The Morgan fingerprint density at radius 1 is 1.40 bits per heavy atom. The van der Waals surface area contributed by atoms with Gasteiger partial charge < -0.3 is 9.84 Å². The molecular weight excluding hydrogens is 252 g/mol. The van der Waals surface area contributed by atoms with Gasteiger partial charge in [0.05, 0.1) is 12.7 Å². The van der Waals surface area contributed by atoms with Gasteiger partial charge in [0.2, 0.25) is 0 Å². The summed E-state index contributed by atoms with van der Waals surface area (Å²) in [5.41, 5.74) is 3.27. The quantitative estimate of drug-likeness (QED) is 0.899. The van der Waals surface area contributed by atoms with Crippen LogP contribution in [0.4, 0.5) is 0 Å². The van der Waals surface area contributed by atoms with Gasteiger partial charge in [-0.15, -0.1) is 0 Å². The molecule has 1 aliphatic carbocycles. The maximum atomic E-state index is 10.6. The Bertz CT molecular complexity index is 566. The Labute approximate surface area is 118 Å². The van der Waals surface area contributed by atoms with Crippen LogP contribution in [0.5, 0.6) is 5.75 Å². The van der Waals surface area contributed by atoms with Gasteiger partial charge in [-0.05, 0) is 55.4 Å². The molecule has 0 fully saturated rings. The van der Waals surface area contributed by atoms with Gasteiger partial charge in [-0.2, -0.15) is 5.10 Å². The van der Waals surface area contributed by atoms with Crippen LogP contribution in [0.25, 0.3) is 0 Å². The normalized spacial score (nSPS) is 21.5. The fourth-order valence-electron chi connectivity index (χ4n) is 3.05. The molecule has 0 spiro atoms. The highest BCUT2D eigenvalue weighted by molar-refractivity contribution is 5.43. The molecule has 4 nitrogen and oxygen atoms in total. The van der Waals surface area contributed by atoms with E-state index in [2.05, 4.69) is 10.2 Å². The molecule has 0 amide bonds. The van der Waals surface area contributed by atoms with Crippen molar-refractivity contribution in [3.05, 3.63) is 47.3 Å². The van der Waals surface area contributed by atoms with E-state index in [1.54, 1.807) is 6.20 Å². The van der Waals surface area contributed by atoms with Crippen LogP contribution in [-0.4, -0.2) is 21.9 Å². The predicted octanol–water partition coefficient (Wildman–Crippen LogP) is 2.65. The van der Waals surface area contributed by atoms with Crippen molar-refractivity contribution in [1.82, 2.24) is 10.2 Å². The maximum Gasteiger partial charge on any atom is 0.122 e. The summed E-state index contributed by atoms with van der Waals surface area (Å²) in [6.45, 7) is 2.64. The number of hydrogen-bond donors (Lipinski definition) is 2. The van der Waals surface area contributed by atoms with Gasteiger partial charge in [0.15, 0.2) is 0 Å². The van der Waals surface area contributed by atoms with Crippen molar-refractivity contribution in [1.29, 1.82) is 0 Å². The first-order chi connectivity index (χ1) is 9.79. The minimum Gasteiger partial charge on any atom is -0.494 e. The largest absolute Gasteiger partial charge is 0.494 e. The molecule has 4 heteroatoms. The molecule has 0 aliphatic heterocycles. The third kappa shape index (κ3) is 2.43. The second-order valence-corrected chi connectivity index (χ2v) is 5.29. The Morgan fingerprint density at radius 3 is 3.05 bits per heavy atom. The Kier molecular flexibility index (Phi) is 3.74. The second kappa shape index (κ2) is 5.67. The van der Waals surface area contributed by atoms with Crippen molar-refractivity contribution >= 4 is 0 Å². The Hall–Kier alpha value is -1.81. The molecule has 1 heterocycles. The van der Waals surface area contributed by atoms with E-state index in [1.165, 1.54) is 5.56 Å². The lowest BCUT2D eigenvalue weighted by Gasteiger charge is -2.31. The van der Waals surface area contributed by atoms with E-state index in [9.17, 15) is 5.11 Å². The molecule has 106 valence electrons. The summed E-state index contributed by atoms with van der Waals surface area (Å²) in [6.07, 6.45) is 4.09. The fraction of sp³-hybridized carbons (Fsp3) is 0.438. The number of aromatic amines is 1. The lowest BCUT2D eigenvalue weighted by Crippen LogP contribution is -2.23. The van der Waals surface area contributed by atoms with Crippen LogP contribution >= 0.6 is 0 Å². The zero-order valence-corrected chi connectivity index (χ0v) is 11.7. The van der Waals surface area contributed by atoms with Crippen LogP contribution < -0.4 is 4.74 Å². The maximum absolute atomic E-state index is 10.6. The molecule has 2 unspecified atom stereocenters. The van der Waals surface area contributed by atoms with Gasteiger partial charge in [0.1, 0.15) is 5.75 Å². The van der Waals surface area contributed by atoms with E-state index in [4.69, 9.17) is 4.74 Å². The number of nitrogens with zero attached hydrogens (tertiary/aromatic N) is 1. The monoisotopic (exact) mass is 272 g/mol. The topological polar surface area (TPSA) is 58.1 Å². The minimum absolute atomic E-state index is 0.236.